The van der Waals surface area contributed by atoms with E-state index in [0.717, 1.165) is 19.6 Å². The number of hydrogen-bond acceptors (Lipinski definition) is 3. The predicted molar refractivity (Wildman–Crippen MR) is 80.1 cm³/mol. The molecule has 0 saturated carbocycles. The van der Waals surface area contributed by atoms with Crippen LogP contribution in [0, 0.1) is 12.8 Å². The summed E-state index contributed by atoms with van der Waals surface area (Å²) in [5.41, 5.74) is 2.53. The zero-order valence-corrected chi connectivity index (χ0v) is 12.7. The van der Waals surface area contributed by atoms with Crippen LogP contribution in [-0.4, -0.2) is 35.1 Å². The molecular weight excluding hydrogens is 234 g/mol. The van der Waals surface area contributed by atoms with Crippen molar-refractivity contribution in [3.05, 3.63) is 29.6 Å². The van der Waals surface area contributed by atoms with E-state index in [9.17, 15) is 0 Å². The lowest BCUT2D eigenvalue weighted by Gasteiger charge is -2.41. The second-order valence-corrected chi connectivity index (χ2v) is 6.02. The van der Waals surface area contributed by atoms with Crippen molar-refractivity contribution in [2.24, 2.45) is 5.92 Å². The molecule has 2 unspecified atom stereocenters. The van der Waals surface area contributed by atoms with Gasteiger partial charge in [0.2, 0.25) is 0 Å². The topological polar surface area (TPSA) is 28.2 Å². The van der Waals surface area contributed by atoms with Crippen LogP contribution in [0.25, 0.3) is 0 Å². The Balaban J connectivity index is 2.08. The molecule has 1 N–H and O–H groups in total. The molecule has 0 radical (unpaired) electrons. The Morgan fingerprint density at radius 1 is 1.47 bits per heavy atom. The van der Waals surface area contributed by atoms with Crippen molar-refractivity contribution in [2.45, 2.75) is 52.7 Å². The number of aromatic nitrogens is 1. The molecule has 1 saturated heterocycles. The number of nitrogens with zero attached hydrogens (tertiary/aromatic N) is 2. The first kappa shape index (κ1) is 14.5. The van der Waals surface area contributed by atoms with Crippen LogP contribution >= 0.6 is 0 Å². The fraction of sp³-hybridized carbons (Fsp3) is 0.688. The molecule has 0 spiro atoms. The maximum absolute atomic E-state index is 4.55. The number of piperazine rings is 1. The molecule has 1 aromatic heterocycles. The van der Waals surface area contributed by atoms with Gasteiger partial charge in [-0.1, -0.05) is 26.8 Å². The summed E-state index contributed by atoms with van der Waals surface area (Å²) in [6.45, 7) is 12.3. The minimum absolute atomic E-state index is 0.604. The fourth-order valence-corrected chi connectivity index (χ4v) is 2.80. The molecule has 0 aromatic carbocycles. The van der Waals surface area contributed by atoms with Crippen LogP contribution < -0.4 is 5.32 Å². The molecular formula is C16H27N3. The van der Waals surface area contributed by atoms with E-state index in [1.165, 1.54) is 17.7 Å². The van der Waals surface area contributed by atoms with E-state index in [1.807, 2.05) is 12.3 Å². The highest BCUT2D eigenvalue weighted by molar-refractivity contribution is 5.17. The Bertz CT molecular complexity index is 403. The predicted octanol–water partition coefficient (Wildman–Crippen LogP) is 2.60. The van der Waals surface area contributed by atoms with Crippen LogP contribution in [-0.2, 0) is 6.54 Å². The van der Waals surface area contributed by atoms with E-state index in [2.05, 4.69) is 49.0 Å². The van der Waals surface area contributed by atoms with E-state index in [1.54, 1.807) is 0 Å². The lowest BCUT2D eigenvalue weighted by Crippen LogP contribution is -2.57. The molecule has 0 bridgehead atoms. The summed E-state index contributed by atoms with van der Waals surface area (Å²) < 4.78 is 0. The smallest absolute Gasteiger partial charge is 0.0573 e. The molecule has 3 heteroatoms. The minimum Gasteiger partial charge on any atom is -0.311 e. The van der Waals surface area contributed by atoms with Crippen molar-refractivity contribution in [1.29, 1.82) is 0 Å². The van der Waals surface area contributed by atoms with Crippen LogP contribution in [0.1, 0.15) is 38.4 Å². The molecule has 2 atom stereocenters. The summed E-state index contributed by atoms with van der Waals surface area (Å²) in [4.78, 5) is 7.16. The third-order valence-corrected chi connectivity index (χ3v) is 4.31. The molecule has 2 heterocycles. The van der Waals surface area contributed by atoms with E-state index in [0.29, 0.717) is 18.0 Å². The van der Waals surface area contributed by atoms with Gasteiger partial charge in [-0.3, -0.25) is 9.88 Å². The molecule has 0 amide bonds. The van der Waals surface area contributed by atoms with Crippen LogP contribution in [0.3, 0.4) is 0 Å². The number of nitrogens with one attached hydrogen (secondary N) is 1. The number of rotatable bonds is 4. The second kappa shape index (κ2) is 6.49. The summed E-state index contributed by atoms with van der Waals surface area (Å²) in [6, 6.07) is 5.42. The van der Waals surface area contributed by atoms with Crippen molar-refractivity contribution in [2.75, 3.05) is 13.1 Å². The molecule has 1 fully saturated rings. The van der Waals surface area contributed by atoms with Gasteiger partial charge in [-0.2, -0.15) is 0 Å². The molecule has 0 aliphatic carbocycles. The van der Waals surface area contributed by atoms with Crippen LogP contribution in [0.4, 0.5) is 0 Å². The zero-order chi connectivity index (χ0) is 13.8. The first-order valence-electron chi connectivity index (χ1n) is 7.49. The first-order chi connectivity index (χ1) is 9.11. The monoisotopic (exact) mass is 261 g/mol. The fourth-order valence-electron chi connectivity index (χ4n) is 2.80. The molecule has 106 valence electrons. The molecule has 19 heavy (non-hydrogen) atoms. The van der Waals surface area contributed by atoms with Crippen molar-refractivity contribution in [3.8, 4) is 0 Å². The van der Waals surface area contributed by atoms with Gasteiger partial charge in [-0.15, -0.1) is 0 Å². The van der Waals surface area contributed by atoms with Gasteiger partial charge < -0.3 is 5.32 Å². The van der Waals surface area contributed by atoms with Gasteiger partial charge in [-0.05, 0) is 30.9 Å². The van der Waals surface area contributed by atoms with Gasteiger partial charge in [0.15, 0.2) is 0 Å². The van der Waals surface area contributed by atoms with Gasteiger partial charge in [0.25, 0.3) is 0 Å². The summed E-state index contributed by atoms with van der Waals surface area (Å²) in [5.74, 6) is 0.685. The standard InChI is InChI=1S/C16H27N3/c1-5-14-9-18-15(12(2)3)10-19(14)11-16-13(4)7-6-8-17-16/h6-8,12,14-15,18H,5,9-11H2,1-4H3. The molecule has 2 rings (SSSR count). The normalized spacial score (nSPS) is 24.9. The van der Waals surface area contributed by atoms with Gasteiger partial charge in [0, 0.05) is 37.9 Å². The van der Waals surface area contributed by atoms with E-state index in [4.69, 9.17) is 0 Å². The number of pyridine rings is 1. The van der Waals surface area contributed by atoms with Gasteiger partial charge in [-0.25, -0.2) is 0 Å². The third kappa shape index (κ3) is 3.54. The summed E-state index contributed by atoms with van der Waals surface area (Å²) >= 11 is 0. The number of aryl methyl sites for hydroxylation is 1. The van der Waals surface area contributed by atoms with Crippen molar-refractivity contribution < 1.29 is 0 Å². The average Bonchev–Trinajstić information content (AvgIpc) is 2.41. The third-order valence-electron chi connectivity index (χ3n) is 4.31. The maximum atomic E-state index is 4.55. The first-order valence-corrected chi connectivity index (χ1v) is 7.49. The van der Waals surface area contributed by atoms with E-state index >= 15 is 0 Å². The second-order valence-electron chi connectivity index (χ2n) is 6.02. The highest BCUT2D eigenvalue weighted by Gasteiger charge is 2.28. The van der Waals surface area contributed by atoms with Crippen LogP contribution in [0.15, 0.2) is 18.3 Å². The molecule has 1 aliphatic rings. The quantitative estimate of drug-likeness (QED) is 0.903. The van der Waals surface area contributed by atoms with Crippen molar-refractivity contribution in [1.82, 2.24) is 15.2 Å². The molecule has 1 aromatic rings. The largest absolute Gasteiger partial charge is 0.311 e. The lowest BCUT2D eigenvalue weighted by atomic mass is 9.98. The van der Waals surface area contributed by atoms with Gasteiger partial charge in [0.05, 0.1) is 5.69 Å². The Hall–Kier alpha value is -0.930. The van der Waals surface area contributed by atoms with Crippen LogP contribution in [0.5, 0.6) is 0 Å². The van der Waals surface area contributed by atoms with Crippen molar-refractivity contribution in [3.63, 3.8) is 0 Å². The average molecular weight is 261 g/mol. The molecule has 3 nitrogen and oxygen atoms in total. The lowest BCUT2D eigenvalue weighted by molar-refractivity contribution is 0.102. The van der Waals surface area contributed by atoms with Gasteiger partial charge >= 0.3 is 0 Å². The van der Waals surface area contributed by atoms with Crippen molar-refractivity contribution >= 4 is 0 Å². The summed E-state index contributed by atoms with van der Waals surface area (Å²) in [7, 11) is 0. The highest BCUT2D eigenvalue weighted by Crippen LogP contribution is 2.18. The zero-order valence-electron chi connectivity index (χ0n) is 12.7. The maximum Gasteiger partial charge on any atom is 0.0573 e. The van der Waals surface area contributed by atoms with E-state index < -0.39 is 0 Å². The Morgan fingerprint density at radius 2 is 2.26 bits per heavy atom. The minimum atomic E-state index is 0.604. The molecule has 1 aliphatic heterocycles. The Morgan fingerprint density at radius 3 is 2.89 bits per heavy atom. The Labute approximate surface area is 117 Å². The SMILES string of the molecule is CCC1CNC(C(C)C)CN1Cc1ncccc1C. The van der Waals surface area contributed by atoms with Crippen LogP contribution in [0.2, 0.25) is 0 Å². The van der Waals surface area contributed by atoms with E-state index in [-0.39, 0.29) is 0 Å². The van der Waals surface area contributed by atoms with Gasteiger partial charge in [0.1, 0.15) is 0 Å². The summed E-state index contributed by atoms with van der Waals surface area (Å²) in [5, 5.41) is 3.69. The number of hydrogen-bond donors (Lipinski definition) is 1. The Kier molecular flexibility index (Phi) is 4.94. The highest BCUT2D eigenvalue weighted by atomic mass is 15.2. The summed E-state index contributed by atoms with van der Waals surface area (Å²) in [6.07, 6.45) is 3.11.